The zero-order valence-electron chi connectivity index (χ0n) is 17.1. The van der Waals surface area contributed by atoms with Gasteiger partial charge in [0.15, 0.2) is 5.82 Å². The molecule has 0 fully saturated rings. The van der Waals surface area contributed by atoms with E-state index in [0.29, 0.717) is 11.6 Å². The number of benzene rings is 2. The Morgan fingerprint density at radius 3 is 2.32 bits per heavy atom. The second-order valence-electron chi connectivity index (χ2n) is 7.45. The monoisotopic (exact) mass is 398 g/mol. The average molecular weight is 399 g/mol. The van der Waals surface area contributed by atoms with Gasteiger partial charge in [-0.1, -0.05) is 38.1 Å². The van der Waals surface area contributed by atoms with E-state index in [1.807, 2.05) is 25.1 Å². The SMILES string of the molecule is COc1ccc(OC)c(-n2nnc(NSc3ccc(C(C)(C)C)cc3)c2C)c1. The maximum Gasteiger partial charge on any atom is 0.182 e. The Balaban J connectivity index is 1.79. The lowest BCUT2D eigenvalue weighted by Crippen LogP contribution is -2.10. The molecule has 1 heterocycles. The van der Waals surface area contributed by atoms with Crippen LogP contribution in [0.3, 0.4) is 0 Å². The van der Waals surface area contributed by atoms with Crippen molar-refractivity contribution in [1.82, 2.24) is 15.0 Å². The Labute approximate surface area is 170 Å². The molecule has 0 saturated heterocycles. The maximum absolute atomic E-state index is 5.46. The highest BCUT2D eigenvalue weighted by atomic mass is 32.2. The molecule has 2 aromatic carbocycles. The molecule has 7 heteroatoms. The van der Waals surface area contributed by atoms with Crippen molar-refractivity contribution in [3.8, 4) is 17.2 Å². The summed E-state index contributed by atoms with van der Waals surface area (Å²) >= 11 is 1.51. The van der Waals surface area contributed by atoms with Crippen molar-refractivity contribution in [2.75, 3.05) is 18.9 Å². The van der Waals surface area contributed by atoms with Gasteiger partial charge in [-0.25, -0.2) is 4.68 Å². The van der Waals surface area contributed by atoms with Crippen LogP contribution in [-0.2, 0) is 5.41 Å². The van der Waals surface area contributed by atoms with Crippen molar-refractivity contribution in [2.24, 2.45) is 0 Å². The molecule has 0 atom stereocenters. The Morgan fingerprint density at radius 1 is 1.00 bits per heavy atom. The lowest BCUT2D eigenvalue weighted by atomic mass is 9.87. The minimum atomic E-state index is 0.145. The summed E-state index contributed by atoms with van der Waals surface area (Å²) in [6, 6.07) is 14.1. The molecule has 0 aliphatic rings. The van der Waals surface area contributed by atoms with Crippen molar-refractivity contribution in [3.05, 3.63) is 53.7 Å². The van der Waals surface area contributed by atoms with E-state index in [1.54, 1.807) is 18.9 Å². The van der Waals surface area contributed by atoms with Crippen LogP contribution in [0, 0.1) is 6.92 Å². The molecule has 0 bridgehead atoms. The topological polar surface area (TPSA) is 61.2 Å². The van der Waals surface area contributed by atoms with Gasteiger partial charge < -0.3 is 14.2 Å². The fourth-order valence-electron chi connectivity index (χ4n) is 2.74. The Morgan fingerprint density at radius 2 is 1.71 bits per heavy atom. The molecule has 0 saturated carbocycles. The van der Waals surface area contributed by atoms with E-state index >= 15 is 0 Å². The van der Waals surface area contributed by atoms with Crippen molar-refractivity contribution < 1.29 is 9.47 Å². The first-order valence-corrected chi connectivity index (χ1v) is 9.83. The van der Waals surface area contributed by atoms with Crippen molar-refractivity contribution in [2.45, 2.75) is 38.0 Å². The second-order valence-corrected chi connectivity index (χ2v) is 8.33. The van der Waals surface area contributed by atoms with Crippen LogP contribution in [0.4, 0.5) is 5.82 Å². The van der Waals surface area contributed by atoms with Crippen molar-refractivity contribution in [3.63, 3.8) is 0 Å². The molecule has 1 aromatic heterocycles. The highest BCUT2D eigenvalue weighted by molar-refractivity contribution is 8.00. The van der Waals surface area contributed by atoms with Gasteiger partial charge in [0.25, 0.3) is 0 Å². The molecule has 0 amide bonds. The van der Waals surface area contributed by atoms with Gasteiger partial charge in [-0.3, -0.25) is 0 Å². The average Bonchev–Trinajstić information content (AvgIpc) is 3.05. The predicted octanol–water partition coefficient (Wildman–Crippen LogP) is 5.01. The molecule has 0 aliphatic heterocycles. The standard InChI is InChI=1S/C21H26N4O2S/c1-14-20(23-28-17-10-7-15(8-11-17)21(2,3)4)22-24-25(14)18-13-16(26-5)9-12-19(18)27-6/h7-13,23H,1-6H3. The van der Waals surface area contributed by atoms with Crippen LogP contribution in [-0.4, -0.2) is 29.2 Å². The molecule has 3 rings (SSSR count). The van der Waals surface area contributed by atoms with Gasteiger partial charge in [-0.2, -0.15) is 0 Å². The Bertz CT molecular complexity index is 946. The van der Waals surface area contributed by atoms with E-state index in [2.05, 4.69) is 60.1 Å². The van der Waals surface area contributed by atoms with E-state index in [1.165, 1.54) is 17.5 Å². The predicted molar refractivity (Wildman–Crippen MR) is 114 cm³/mol. The largest absolute Gasteiger partial charge is 0.497 e. The summed E-state index contributed by atoms with van der Waals surface area (Å²) in [5.74, 6) is 2.13. The summed E-state index contributed by atoms with van der Waals surface area (Å²) in [7, 11) is 3.27. The zero-order valence-corrected chi connectivity index (χ0v) is 17.9. The maximum atomic E-state index is 5.46. The third kappa shape index (κ3) is 4.25. The molecule has 28 heavy (non-hydrogen) atoms. The van der Waals surface area contributed by atoms with Crippen LogP contribution in [0.2, 0.25) is 0 Å². The van der Waals surface area contributed by atoms with Gasteiger partial charge in [0.1, 0.15) is 17.2 Å². The van der Waals surface area contributed by atoms with E-state index in [0.717, 1.165) is 22.0 Å². The highest BCUT2D eigenvalue weighted by Crippen LogP contribution is 2.31. The van der Waals surface area contributed by atoms with Crippen LogP contribution in [0.1, 0.15) is 32.0 Å². The smallest absolute Gasteiger partial charge is 0.182 e. The third-order valence-electron chi connectivity index (χ3n) is 4.49. The van der Waals surface area contributed by atoms with Crippen LogP contribution in [0.5, 0.6) is 11.5 Å². The van der Waals surface area contributed by atoms with Gasteiger partial charge in [0.2, 0.25) is 0 Å². The first-order valence-electron chi connectivity index (χ1n) is 9.01. The number of hydrogen-bond acceptors (Lipinski definition) is 6. The molecule has 148 valence electrons. The Hall–Kier alpha value is -2.67. The fraction of sp³-hybridized carbons (Fsp3) is 0.333. The number of methoxy groups -OCH3 is 2. The summed E-state index contributed by atoms with van der Waals surface area (Å²) in [6.45, 7) is 8.59. The summed E-state index contributed by atoms with van der Waals surface area (Å²) in [5, 5.41) is 8.56. The molecule has 0 unspecified atom stereocenters. The van der Waals surface area contributed by atoms with Crippen molar-refractivity contribution >= 4 is 17.8 Å². The van der Waals surface area contributed by atoms with Gasteiger partial charge in [0.05, 0.1) is 19.9 Å². The quantitative estimate of drug-likeness (QED) is 0.589. The normalized spacial score (nSPS) is 11.4. The van der Waals surface area contributed by atoms with Crippen LogP contribution < -0.4 is 14.2 Å². The summed E-state index contributed by atoms with van der Waals surface area (Å²) in [5.41, 5.74) is 3.11. The van der Waals surface area contributed by atoms with E-state index in [-0.39, 0.29) is 5.41 Å². The summed E-state index contributed by atoms with van der Waals surface area (Å²) in [4.78, 5) is 1.11. The molecular formula is C21H26N4O2S. The van der Waals surface area contributed by atoms with Gasteiger partial charge in [-0.05, 0) is 54.1 Å². The second kappa shape index (κ2) is 8.14. The number of hydrogen-bond donors (Lipinski definition) is 1. The minimum absolute atomic E-state index is 0.145. The lowest BCUT2D eigenvalue weighted by Gasteiger charge is -2.19. The molecule has 3 aromatic rings. The molecule has 0 spiro atoms. The van der Waals surface area contributed by atoms with Gasteiger partial charge in [0, 0.05) is 11.0 Å². The van der Waals surface area contributed by atoms with E-state index in [4.69, 9.17) is 9.47 Å². The number of anilines is 1. The molecule has 1 N–H and O–H groups in total. The number of nitrogens with zero attached hydrogens (tertiary/aromatic N) is 3. The van der Waals surface area contributed by atoms with Crippen molar-refractivity contribution in [1.29, 1.82) is 0 Å². The number of ether oxygens (including phenoxy) is 2. The van der Waals surface area contributed by atoms with Gasteiger partial charge in [-0.15, -0.1) is 5.10 Å². The van der Waals surface area contributed by atoms with Crippen LogP contribution >= 0.6 is 11.9 Å². The molecule has 0 aliphatic carbocycles. The zero-order chi connectivity index (χ0) is 20.3. The molecular weight excluding hydrogens is 372 g/mol. The third-order valence-corrected chi connectivity index (χ3v) is 5.30. The number of rotatable bonds is 6. The van der Waals surface area contributed by atoms with E-state index < -0.39 is 0 Å². The fourth-order valence-corrected chi connectivity index (χ4v) is 3.42. The first kappa shape index (κ1) is 20.1. The summed E-state index contributed by atoms with van der Waals surface area (Å²) in [6.07, 6.45) is 0. The lowest BCUT2D eigenvalue weighted by molar-refractivity contribution is 0.400. The van der Waals surface area contributed by atoms with Gasteiger partial charge >= 0.3 is 0 Å². The molecule has 0 radical (unpaired) electrons. The Kier molecular flexibility index (Phi) is 5.84. The minimum Gasteiger partial charge on any atom is -0.497 e. The highest BCUT2D eigenvalue weighted by Gasteiger charge is 2.16. The number of aromatic nitrogens is 3. The van der Waals surface area contributed by atoms with Crippen LogP contribution in [0.15, 0.2) is 47.4 Å². The number of nitrogens with one attached hydrogen (secondary N) is 1. The molecule has 6 nitrogen and oxygen atoms in total. The summed E-state index contributed by atoms with van der Waals surface area (Å²) < 4.78 is 15.8. The van der Waals surface area contributed by atoms with E-state index in [9.17, 15) is 0 Å². The van der Waals surface area contributed by atoms with Crippen LogP contribution in [0.25, 0.3) is 5.69 Å². The first-order chi connectivity index (χ1) is 13.3.